The van der Waals surface area contributed by atoms with E-state index in [0.717, 1.165) is 125 Å². The van der Waals surface area contributed by atoms with Gasteiger partial charge < -0.3 is 15.5 Å². The molecule has 2 aromatic heterocycles. The molecule has 64 heavy (non-hydrogen) atoms. The summed E-state index contributed by atoms with van der Waals surface area (Å²) in [5.41, 5.74) is 12.2. The first-order valence-corrected chi connectivity index (χ1v) is 25.8. The summed E-state index contributed by atoms with van der Waals surface area (Å²) in [6, 6.07) is 4.76. The summed E-state index contributed by atoms with van der Waals surface area (Å²) in [6.07, 6.45) is 14.0. The van der Waals surface area contributed by atoms with Gasteiger partial charge in [-0.1, -0.05) is 12.1 Å². The number of aromatic nitrogens is 5. The van der Waals surface area contributed by atoms with E-state index in [1.807, 2.05) is 53.7 Å². The maximum atomic E-state index is 13.1. The molecule has 1 fully saturated rings. The summed E-state index contributed by atoms with van der Waals surface area (Å²) in [7, 11) is -2.52. The molecule has 2 aromatic carbocycles. The van der Waals surface area contributed by atoms with Crippen LogP contribution in [0.25, 0.3) is 0 Å². The SMILES string of the molecule is CC(C)n1nc(S(=O)(=O)NC(=O)Nc2c3c(cc4c2CCC4)CCC3)cc1C1CCCN1C.CC(C)n1nc(S(=O)(=O)NC(=O)Nc2c3c(cc4c2CCC4)CCC3)nc1CN(C)C. The summed E-state index contributed by atoms with van der Waals surface area (Å²) >= 11 is 0. The van der Waals surface area contributed by atoms with Crippen molar-refractivity contribution in [3.05, 3.63) is 74.2 Å². The monoisotopic (exact) mass is 917 g/mol. The fourth-order valence-electron chi connectivity index (χ4n) is 10.3. The van der Waals surface area contributed by atoms with Gasteiger partial charge in [-0.25, -0.2) is 23.7 Å². The van der Waals surface area contributed by atoms with E-state index in [2.05, 4.69) is 52.3 Å². The van der Waals surface area contributed by atoms with Crippen molar-refractivity contribution in [3.8, 4) is 0 Å². The van der Waals surface area contributed by atoms with Crippen LogP contribution in [0.1, 0.15) is 140 Å². The van der Waals surface area contributed by atoms with Crippen LogP contribution in [0.15, 0.2) is 28.4 Å². The van der Waals surface area contributed by atoms with E-state index in [1.54, 1.807) is 15.4 Å². The molecule has 4 amide bonds. The van der Waals surface area contributed by atoms with Crippen LogP contribution in [0.4, 0.5) is 21.0 Å². The normalized spacial score (nSPS) is 17.9. The molecule has 4 aliphatic carbocycles. The smallest absolute Gasteiger partial charge is 0.307 e. The fourth-order valence-corrected chi connectivity index (χ4v) is 11.9. The third-order valence-corrected chi connectivity index (χ3v) is 15.4. The topological polar surface area (TPSA) is 206 Å². The molecule has 4 aromatic rings. The minimum atomic E-state index is -4.20. The van der Waals surface area contributed by atoms with Crippen LogP contribution in [-0.2, 0) is 78.0 Å². The Hall–Kier alpha value is -4.85. The zero-order valence-corrected chi connectivity index (χ0v) is 39.8. The van der Waals surface area contributed by atoms with Gasteiger partial charge in [0, 0.05) is 29.5 Å². The molecule has 0 bridgehead atoms. The van der Waals surface area contributed by atoms with Crippen molar-refractivity contribution in [2.45, 2.75) is 152 Å². The number of carbonyl (C=O) groups is 2. The van der Waals surface area contributed by atoms with Gasteiger partial charge in [0.25, 0.3) is 15.2 Å². The van der Waals surface area contributed by atoms with E-state index in [9.17, 15) is 26.4 Å². The van der Waals surface area contributed by atoms with Crippen molar-refractivity contribution in [1.29, 1.82) is 0 Å². The number of sulfonamides is 2. The number of amides is 4. The molecule has 17 nitrogen and oxygen atoms in total. The summed E-state index contributed by atoms with van der Waals surface area (Å²) in [5, 5.41) is 13.8. The van der Waals surface area contributed by atoms with Crippen molar-refractivity contribution >= 4 is 43.5 Å². The van der Waals surface area contributed by atoms with Crippen LogP contribution in [0, 0.1) is 0 Å². The Morgan fingerprint density at radius 3 is 1.56 bits per heavy atom. The number of nitrogens with zero attached hydrogens (tertiary/aromatic N) is 7. The quantitative estimate of drug-likeness (QED) is 0.135. The number of hydrogen-bond acceptors (Lipinski definition) is 11. The minimum absolute atomic E-state index is 0.0151. The van der Waals surface area contributed by atoms with E-state index in [4.69, 9.17) is 0 Å². The molecule has 1 unspecified atom stereocenters. The van der Waals surface area contributed by atoms with Crippen molar-refractivity contribution in [1.82, 2.24) is 43.8 Å². The number of hydrogen-bond donors (Lipinski definition) is 4. The number of urea groups is 2. The Bertz CT molecular complexity index is 2620. The van der Waals surface area contributed by atoms with Crippen LogP contribution in [0.2, 0.25) is 0 Å². The van der Waals surface area contributed by atoms with Crippen molar-refractivity contribution in [2.75, 3.05) is 38.3 Å². The maximum absolute atomic E-state index is 13.1. The molecule has 3 heterocycles. The second-order valence-corrected chi connectivity index (χ2v) is 22.0. The Labute approximate surface area is 377 Å². The lowest BCUT2D eigenvalue weighted by Gasteiger charge is -2.21. The van der Waals surface area contributed by atoms with Gasteiger partial charge in [-0.2, -0.15) is 26.9 Å². The molecular formula is C45H63N11O6S2. The Morgan fingerprint density at radius 1 is 0.672 bits per heavy atom. The molecule has 0 radical (unpaired) electrons. The van der Waals surface area contributed by atoms with Crippen LogP contribution >= 0.6 is 0 Å². The van der Waals surface area contributed by atoms with Crippen molar-refractivity contribution < 1.29 is 26.4 Å². The molecule has 0 saturated carbocycles. The molecule has 9 rings (SSSR count). The lowest BCUT2D eigenvalue weighted by Crippen LogP contribution is -2.35. The highest BCUT2D eigenvalue weighted by atomic mass is 32.2. The summed E-state index contributed by atoms with van der Waals surface area (Å²) in [5.74, 6) is 0.527. The molecule has 4 N–H and O–H groups in total. The molecule has 346 valence electrons. The van der Waals surface area contributed by atoms with Crippen LogP contribution in [-0.4, -0.2) is 90.9 Å². The second kappa shape index (κ2) is 18.2. The number of fused-ring (bicyclic) bond motifs is 4. The molecule has 1 atom stereocenters. The predicted octanol–water partition coefficient (Wildman–Crippen LogP) is 6.13. The molecule has 1 saturated heterocycles. The Kier molecular flexibility index (Phi) is 13.0. The first-order chi connectivity index (χ1) is 30.4. The Morgan fingerprint density at radius 2 is 1.14 bits per heavy atom. The number of likely N-dealkylation sites (tertiary alicyclic amines) is 1. The third-order valence-electron chi connectivity index (χ3n) is 13.1. The highest BCUT2D eigenvalue weighted by molar-refractivity contribution is 7.90. The Balaban J connectivity index is 0.000000175. The minimum Gasteiger partial charge on any atom is -0.307 e. The van der Waals surface area contributed by atoms with Crippen molar-refractivity contribution in [2.24, 2.45) is 0 Å². The third kappa shape index (κ3) is 9.31. The predicted molar refractivity (Wildman–Crippen MR) is 245 cm³/mol. The summed E-state index contributed by atoms with van der Waals surface area (Å²) in [4.78, 5) is 33.9. The number of rotatable bonds is 11. The summed E-state index contributed by atoms with van der Waals surface area (Å²) in [6.45, 7) is 9.19. The van der Waals surface area contributed by atoms with Gasteiger partial charge in [-0.3, -0.25) is 9.58 Å². The molecular weight excluding hydrogens is 855 g/mol. The van der Waals surface area contributed by atoms with Crippen molar-refractivity contribution in [3.63, 3.8) is 0 Å². The molecule has 19 heteroatoms. The van der Waals surface area contributed by atoms with E-state index in [0.29, 0.717) is 12.4 Å². The first kappa shape index (κ1) is 45.7. The average molecular weight is 918 g/mol. The molecule has 0 spiro atoms. The number of carbonyl (C=O) groups excluding carboxylic acids is 2. The number of aryl methyl sites for hydroxylation is 4. The van der Waals surface area contributed by atoms with Gasteiger partial charge in [0.15, 0.2) is 5.03 Å². The standard InChI is InChI=1S/C24H33N5O3S.C21H30N6O3S/c1-15(2)29-21(20-11-6-12-28(20)3)14-22(26-29)33(31,32)27-24(30)25-23-18-9-4-7-16(18)13-17-8-5-10-19(17)23;1-13(2)27-18(12-26(3)4)22-21(24-27)31(29,30)25-20(28)23-19-16-9-5-7-14(16)11-15-8-6-10-17(15)19/h13-15,20H,4-12H2,1-3H3,(H2,25,27,30);11,13H,5-10,12H2,1-4H3,(H2,23,25,28). The van der Waals surface area contributed by atoms with E-state index >= 15 is 0 Å². The van der Waals surface area contributed by atoms with Crippen LogP contribution in [0.3, 0.4) is 0 Å². The van der Waals surface area contributed by atoms with Gasteiger partial charge in [0.2, 0.25) is 0 Å². The van der Waals surface area contributed by atoms with Gasteiger partial charge in [0.05, 0.1) is 18.3 Å². The van der Waals surface area contributed by atoms with Crippen LogP contribution < -0.4 is 20.1 Å². The van der Waals surface area contributed by atoms with E-state index in [-0.39, 0.29) is 23.2 Å². The van der Waals surface area contributed by atoms with Gasteiger partial charge >= 0.3 is 22.1 Å². The van der Waals surface area contributed by atoms with Gasteiger partial charge in [-0.05, 0) is 190 Å². The average Bonchev–Trinajstić information content (AvgIpc) is 4.07. The number of benzene rings is 2. The van der Waals surface area contributed by atoms with E-state index < -0.39 is 37.3 Å². The maximum Gasteiger partial charge on any atom is 0.333 e. The number of nitrogens with one attached hydrogen (secondary N) is 4. The first-order valence-electron chi connectivity index (χ1n) is 22.8. The van der Waals surface area contributed by atoms with Gasteiger partial charge in [0.1, 0.15) is 5.82 Å². The zero-order chi connectivity index (χ0) is 45.7. The van der Waals surface area contributed by atoms with Crippen LogP contribution in [0.5, 0.6) is 0 Å². The number of anilines is 2. The lowest BCUT2D eigenvalue weighted by atomic mass is 9.99. The summed E-state index contributed by atoms with van der Waals surface area (Å²) < 4.78 is 59.6. The largest absolute Gasteiger partial charge is 0.333 e. The van der Waals surface area contributed by atoms with E-state index in [1.165, 1.54) is 33.4 Å². The molecule has 1 aliphatic heterocycles. The zero-order valence-electron chi connectivity index (χ0n) is 38.2. The van der Waals surface area contributed by atoms with Gasteiger partial charge in [-0.15, -0.1) is 5.10 Å². The fraction of sp³-hybridized carbons (Fsp3) is 0.578. The second-order valence-electron chi connectivity index (χ2n) is 18.8. The highest BCUT2D eigenvalue weighted by Crippen LogP contribution is 2.40. The lowest BCUT2D eigenvalue weighted by molar-refractivity contribution is 0.255. The highest BCUT2D eigenvalue weighted by Gasteiger charge is 2.33. The molecule has 5 aliphatic rings.